The van der Waals surface area contributed by atoms with E-state index in [-0.39, 0.29) is 13.2 Å². The Hall–Kier alpha value is -2.73. The van der Waals surface area contributed by atoms with Crippen molar-refractivity contribution < 1.29 is 14.3 Å². The van der Waals surface area contributed by atoms with Crippen LogP contribution in [0.4, 0.5) is 5.69 Å². The summed E-state index contributed by atoms with van der Waals surface area (Å²) in [6, 6.07) is 12.8. The Labute approximate surface area is 151 Å². The predicted octanol–water partition coefficient (Wildman–Crippen LogP) is 2.60. The first kappa shape index (κ1) is 18.6. The van der Waals surface area contributed by atoms with Gasteiger partial charge < -0.3 is 10.1 Å². The molecule has 0 spiro atoms. The molecule has 0 heterocycles. The second-order valence-electron chi connectivity index (χ2n) is 5.49. The molecule has 0 aliphatic heterocycles. The highest BCUT2D eigenvalue weighted by Crippen LogP contribution is 2.20. The molecule has 0 bridgehead atoms. The number of rotatable bonds is 6. The van der Waals surface area contributed by atoms with Crippen LogP contribution in [0.15, 0.2) is 42.5 Å². The van der Waals surface area contributed by atoms with Crippen molar-refractivity contribution in [1.29, 1.82) is 0 Å². The van der Waals surface area contributed by atoms with Gasteiger partial charge in [0.25, 0.3) is 11.8 Å². The minimum absolute atomic E-state index is 0.0259. The van der Waals surface area contributed by atoms with E-state index in [4.69, 9.17) is 16.3 Å². The number of benzene rings is 2. The number of hydrogen-bond acceptors (Lipinski definition) is 4. The summed E-state index contributed by atoms with van der Waals surface area (Å²) in [4.78, 5) is 23.5. The zero-order valence-corrected chi connectivity index (χ0v) is 14.8. The van der Waals surface area contributed by atoms with Crippen LogP contribution in [0.5, 0.6) is 5.75 Å². The number of hydrazine groups is 1. The number of carbonyl (C=O) groups excluding carboxylic acids is 2. The van der Waals surface area contributed by atoms with Crippen molar-refractivity contribution in [3.05, 3.63) is 58.6 Å². The Morgan fingerprint density at radius 2 is 1.76 bits per heavy atom. The largest absolute Gasteiger partial charge is 0.483 e. The van der Waals surface area contributed by atoms with Crippen LogP contribution in [0.2, 0.25) is 5.02 Å². The summed E-state index contributed by atoms with van der Waals surface area (Å²) in [6.45, 7) is 3.62. The quantitative estimate of drug-likeness (QED) is 0.691. The number of hydrogen-bond donors (Lipinski definition) is 3. The summed E-state index contributed by atoms with van der Waals surface area (Å²) in [6.07, 6.45) is 0. The van der Waals surface area contributed by atoms with Gasteiger partial charge >= 0.3 is 0 Å². The van der Waals surface area contributed by atoms with Gasteiger partial charge in [-0.1, -0.05) is 35.9 Å². The Morgan fingerprint density at radius 3 is 2.52 bits per heavy atom. The van der Waals surface area contributed by atoms with E-state index in [0.29, 0.717) is 16.5 Å². The molecule has 0 radical (unpaired) electrons. The molecule has 7 heteroatoms. The van der Waals surface area contributed by atoms with Crippen LogP contribution in [0.25, 0.3) is 0 Å². The van der Waals surface area contributed by atoms with Gasteiger partial charge in [0.15, 0.2) is 6.61 Å². The van der Waals surface area contributed by atoms with Gasteiger partial charge in [0, 0.05) is 0 Å². The van der Waals surface area contributed by atoms with Crippen LogP contribution in [-0.2, 0) is 9.59 Å². The average Bonchev–Trinajstić information content (AvgIpc) is 2.60. The SMILES string of the molecule is Cc1ccc(C)c(OCC(=O)NNC(=O)CNc2ccccc2Cl)c1. The van der Waals surface area contributed by atoms with Crippen molar-refractivity contribution in [2.45, 2.75) is 13.8 Å². The van der Waals surface area contributed by atoms with Crippen molar-refractivity contribution in [3.63, 3.8) is 0 Å². The van der Waals surface area contributed by atoms with Crippen molar-refractivity contribution >= 4 is 29.1 Å². The molecule has 2 aromatic rings. The van der Waals surface area contributed by atoms with E-state index in [9.17, 15) is 9.59 Å². The first-order chi connectivity index (χ1) is 12.0. The number of aryl methyl sites for hydroxylation is 2. The molecule has 0 saturated carbocycles. The molecule has 25 heavy (non-hydrogen) atoms. The summed E-state index contributed by atoms with van der Waals surface area (Å²) in [5.74, 6) is -0.214. The first-order valence-corrected chi connectivity index (χ1v) is 8.09. The predicted molar refractivity (Wildman–Crippen MR) is 97.6 cm³/mol. The van der Waals surface area contributed by atoms with Gasteiger partial charge in [-0.05, 0) is 43.2 Å². The normalized spacial score (nSPS) is 10.0. The molecule has 2 amide bonds. The zero-order chi connectivity index (χ0) is 18.2. The zero-order valence-electron chi connectivity index (χ0n) is 14.1. The van der Waals surface area contributed by atoms with Crippen LogP contribution < -0.4 is 20.9 Å². The Morgan fingerprint density at radius 1 is 1.04 bits per heavy atom. The topological polar surface area (TPSA) is 79.5 Å². The summed E-state index contributed by atoms with van der Waals surface area (Å²) in [5, 5.41) is 3.40. The number of halogens is 1. The van der Waals surface area contributed by atoms with E-state index >= 15 is 0 Å². The maximum Gasteiger partial charge on any atom is 0.276 e. The molecule has 132 valence electrons. The van der Waals surface area contributed by atoms with Crippen molar-refractivity contribution in [3.8, 4) is 5.75 Å². The lowest BCUT2D eigenvalue weighted by Crippen LogP contribution is -2.46. The third-order valence-corrected chi connectivity index (χ3v) is 3.69. The van der Waals surface area contributed by atoms with E-state index < -0.39 is 11.8 Å². The molecular weight excluding hydrogens is 342 g/mol. The minimum Gasteiger partial charge on any atom is -0.483 e. The maximum atomic E-state index is 11.8. The fourth-order valence-electron chi connectivity index (χ4n) is 2.01. The molecule has 3 N–H and O–H groups in total. The molecule has 0 unspecified atom stereocenters. The number of ether oxygens (including phenoxy) is 1. The lowest BCUT2D eigenvalue weighted by molar-refractivity contribution is -0.129. The fraction of sp³-hybridized carbons (Fsp3) is 0.222. The Kier molecular flexibility index (Phi) is 6.65. The summed E-state index contributed by atoms with van der Waals surface area (Å²) >= 11 is 5.98. The average molecular weight is 362 g/mol. The van der Waals surface area contributed by atoms with E-state index in [0.717, 1.165) is 11.1 Å². The number of para-hydroxylation sites is 1. The fourth-order valence-corrected chi connectivity index (χ4v) is 2.21. The van der Waals surface area contributed by atoms with Crippen LogP contribution in [0, 0.1) is 13.8 Å². The Balaban J connectivity index is 1.71. The lowest BCUT2D eigenvalue weighted by Gasteiger charge is -2.12. The van der Waals surface area contributed by atoms with Gasteiger partial charge in [0.2, 0.25) is 0 Å². The third kappa shape index (κ3) is 6.00. The number of nitrogens with one attached hydrogen (secondary N) is 3. The van der Waals surface area contributed by atoms with Crippen LogP contribution >= 0.6 is 11.6 Å². The van der Waals surface area contributed by atoms with Crippen LogP contribution in [-0.4, -0.2) is 25.0 Å². The molecule has 2 aromatic carbocycles. The Bertz CT molecular complexity index is 765. The van der Waals surface area contributed by atoms with Gasteiger partial charge in [0.1, 0.15) is 5.75 Å². The summed E-state index contributed by atoms with van der Waals surface area (Å²) in [5.41, 5.74) is 7.23. The summed E-state index contributed by atoms with van der Waals surface area (Å²) < 4.78 is 5.46. The minimum atomic E-state index is -0.452. The highest BCUT2D eigenvalue weighted by atomic mass is 35.5. The van der Waals surface area contributed by atoms with Crippen LogP contribution in [0.1, 0.15) is 11.1 Å². The van der Waals surface area contributed by atoms with Gasteiger partial charge in [-0.15, -0.1) is 0 Å². The van der Waals surface area contributed by atoms with Crippen LogP contribution in [0.3, 0.4) is 0 Å². The molecule has 0 aliphatic rings. The number of anilines is 1. The molecule has 0 aromatic heterocycles. The van der Waals surface area contributed by atoms with E-state index in [1.54, 1.807) is 24.3 Å². The monoisotopic (exact) mass is 361 g/mol. The first-order valence-electron chi connectivity index (χ1n) is 7.72. The molecule has 0 atom stereocenters. The molecule has 0 aliphatic carbocycles. The van der Waals surface area contributed by atoms with Gasteiger partial charge in [-0.3, -0.25) is 20.4 Å². The van der Waals surface area contributed by atoms with Gasteiger partial charge in [-0.2, -0.15) is 0 Å². The van der Waals surface area contributed by atoms with E-state index in [1.165, 1.54) is 0 Å². The van der Waals surface area contributed by atoms with Gasteiger partial charge in [0.05, 0.1) is 17.3 Å². The van der Waals surface area contributed by atoms with Crippen molar-refractivity contribution in [1.82, 2.24) is 10.9 Å². The smallest absolute Gasteiger partial charge is 0.276 e. The molecule has 0 saturated heterocycles. The highest BCUT2D eigenvalue weighted by Gasteiger charge is 2.08. The molecular formula is C18H20ClN3O3. The maximum absolute atomic E-state index is 11.8. The highest BCUT2D eigenvalue weighted by molar-refractivity contribution is 6.33. The van der Waals surface area contributed by atoms with Gasteiger partial charge in [-0.25, -0.2) is 0 Å². The second kappa shape index (κ2) is 8.94. The molecule has 2 rings (SSSR count). The lowest BCUT2D eigenvalue weighted by atomic mass is 10.1. The van der Waals surface area contributed by atoms with E-state index in [2.05, 4.69) is 16.2 Å². The molecule has 0 fully saturated rings. The second-order valence-corrected chi connectivity index (χ2v) is 5.89. The van der Waals surface area contributed by atoms with Crippen molar-refractivity contribution in [2.75, 3.05) is 18.5 Å². The number of amides is 2. The summed E-state index contributed by atoms with van der Waals surface area (Å²) in [7, 11) is 0. The van der Waals surface area contributed by atoms with Crippen molar-refractivity contribution in [2.24, 2.45) is 0 Å². The standard InChI is InChI=1S/C18H20ClN3O3/c1-12-7-8-13(2)16(9-12)25-11-18(24)22-21-17(23)10-20-15-6-4-3-5-14(15)19/h3-9,20H,10-11H2,1-2H3,(H,21,23)(H,22,24). The molecule has 6 nitrogen and oxygen atoms in total. The number of carbonyl (C=O) groups is 2. The van der Waals surface area contributed by atoms with E-state index in [1.807, 2.05) is 32.0 Å². The third-order valence-electron chi connectivity index (χ3n) is 3.36.